The smallest absolute Gasteiger partial charge is 0.255 e. The van der Waals surface area contributed by atoms with Gasteiger partial charge in [-0.3, -0.25) is 4.79 Å². The van der Waals surface area contributed by atoms with Crippen LogP contribution in [0.25, 0.3) is 0 Å². The maximum Gasteiger partial charge on any atom is 0.255 e. The first-order chi connectivity index (χ1) is 14.4. The molecule has 0 saturated carbocycles. The lowest BCUT2D eigenvalue weighted by molar-refractivity contribution is 0.102. The zero-order chi connectivity index (χ0) is 21.6. The summed E-state index contributed by atoms with van der Waals surface area (Å²) >= 11 is 0. The standard InChI is InChI=1S/C22H29N3O4S/c1-3-4-16-29-20-7-5-6-18(17-20)22(26)23-19-8-10-21(11-9-19)30(27,28)25-14-12-24(2)13-15-25/h5-11,17H,3-4,12-16H2,1-2H3,(H,23,26). The van der Waals surface area contributed by atoms with E-state index in [-0.39, 0.29) is 10.8 Å². The number of nitrogens with zero attached hydrogens (tertiary/aromatic N) is 2. The molecule has 8 heteroatoms. The summed E-state index contributed by atoms with van der Waals surface area (Å²) in [5.74, 6) is 0.385. The van der Waals surface area contributed by atoms with Gasteiger partial charge in [0.05, 0.1) is 11.5 Å². The molecular weight excluding hydrogens is 402 g/mol. The van der Waals surface area contributed by atoms with Gasteiger partial charge in [-0.1, -0.05) is 19.4 Å². The molecule has 1 saturated heterocycles. The summed E-state index contributed by atoms with van der Waals surface area (Å²) in [5, 5.41) is 2.81. The van der Waals surface area contributed by atoms with Gasteiger partial charge < -0.3 is 15.0 Å². The molecule has 1 amide bonds. The first-order valence-electron chi connectivity index (χ1n) is 10.2. The van der Waals surface area contributed by atoms with Gasteiger partial charge in [0.1, 0.15) is 5.75 Å². The third kappa shape index (κ3) is 5.59. The summed E-state index contributed by atoms with van der Waals surface area (Å²) in [7, 11) is -1.54. The molecule has 162 valence electrons. The minimum atomic E-state index is -3.52. The summed E-state index contributed by atoms with van der Waals surface area (Å²) in [5.41, 5.74) is 1.02. The third-order valence-electron chi connectivity index (χ3n) is 5.08. The molecule has 1 aliphatic rings. The number of benzene rings is 2. The van der Waals surface area contributed by atoms with Crippen LogP contribution < -0.4 is 10.1 Å². The molecule has 1 aliphatic heterocycles. The normalized spacial score (nSPS) is 15.7. The molecule has 0 atom stereocenters. The molecule has 1 heterocycles. The molecule has 0 bridgehead atoms. The molecule has 1 N–H and O–H groups in total. The molecule has 30 heavy (non-hydrogen) atoms. The highest BCUT2D eigenvalue weighted by Gasteiger charge is 2.27. The molecule has 0 radical (unpaired) electrons. The van der Waals surface area contributed by atoms with Crippen LogP contribution >= 0.6 is 0 Å². The Morgan fingerprint density at radius 3 is 2.43 bits per heavy atom. The lowest BCUT2D eigenvalue weighted by Gasteiger charge is -2.31. The van der Waals surface area contributed by atoms with Crippen molar-refractivity contribution in [2.24, 2.45) is 0 Å². The Morgan fingerprint density at radius 2 is 1.77 bits per heavy atom. The number of nitrogens with one attached hydrogen (secondary N) is 1. The zero-order valence-electron chi connectivity index (χ0n) is 17.5. The second-order valence-corrected chi connectivity index (χ2v) is 9.35. The van der Waals surface area contributed by atoms with E-state index < -0.39 is 10.0 Å². The van der Waals surface area contributed by atoms with Crippen molar-refractivity contribution in [1.29, 1.82) is 0 Å². The van der Waals surface area contributed by atoms with E-state index in [1.165, 1.54) is 16.4 Å². The van der Waals surface area contributed by atoms with Gasteiger partial charge in [-0.05, 0) is 55.9 Å². The van der Waals surface area contributed by atoms with Crippen molar-refractivity contribution in [2.75, 3.05) is 45.2 Å². The summed E-state index contributed by atoms with van der Waals surface area (Å²) in [6.45, 7) is 5.10. The van der Waals surface area contributed by atoms with Crippen LogP contribution in [0.4, 0.5) is 5.69 Å². The third-order valence-corrected chi connectivity index (χ3v) is 6.99. The number of unbranched alkanes of at least 4 members (excludes halogenated alkanes) is 1. The highest BCUT2D eigenvalue weighted by Crippen LogP contribution is 2.21. The SMILES string of the molecule is CCCCOc1cccc(C(=O)Nc2ccc(S(=O)(=O)N3CCN(C)CC3)cc2)c1. The highest BCUT2D eigenvalue weighted by atomic mass is 32.2. The van der Waals surface area contributed by atoms with Gasteiger partial charge in [-0.2, -0.15) is 4.31 Å². The first kappa shape index (κ1) is 22.3. The number of anilines is 1. The average Bonchev–Trinajstić information content (AvgIpc) is 2.75. The van der Waals surface area contributed by atoms with Gasteiger partial charge in [-0.15, -0.1) is 0 Å². The number of hydrogen-bond donors (Lipinski definition) is 1. The molecule has 0 spiro atoms. The van der Waals surface area contributed by atoms with Crippen LogP contribution in [0.3, 0.4) is 0 Å². The summed E-state index contributed by atoms with van der Waals surface area (Å²) < 4.78 is 32.8. The number of piperazine rings is 1. The predicted octanol–water partition coefficient (Wildman–Crippen LogP) is 3.05. The van der Waals surface area contributed by atoms with Gasteiger partial charge >= 0.3 is 0 Å². The molecule has 0 unspecified atom stereocenters. The van der Waals surface area contributed by atoms with Crippen molar-refractivity contribution in [3.63, 3.8) is 0 Å². The zero-order valence-corrected chi connectivity index (χ0v) is 18.3. The monoisotopic (exact) mass is 431 g/mol. The van der Waals surface area contributed by atoms with E-state index in [2.05, 4.69) is 17.1 Å². The van der Waals surface area contributed by atoms with Crippen molar-refractivity contribution >= 4 is 21.6 Å². The summed E-state index contributed by atoms with van der Waals surface area (Å²) in [4.78, 5) is 14.9. The molecule has 0 aromatic heterocycles. The number of sulfonamides is 1. The Labute approximate surface area is 178 Å². The van der Waals surface area contributed by atoms with E-state index in [4.69, 9.17) is 4.74 Å². The minimum Gasteiger partial charge on any atom is -0.494 e. The maximum absolute atomic E-state index is 12.8. The van der Waals surface area contributed by atoms with Crippen molar-refractivity contribution in [1.82, 2.24) is 9.21 Å². The molecule has 1 fully saturated rings. The van der Waals surface area contributed by atoms with Crippen molar-refractivity contribution < 1.29 is 17.9 Å². The summed E-state index contributed by atoms with van der Waals surface area (Å²) in [6.07, 6.45) is 2.00. The number of ether oxygens (including phenoxy) is 1. The van der Waals surface area contributed by atoms with Crippen LogP contribution in [0, 0.1) is 0 Å². The van der Waals surface area contributed by atoms with Crippen LogP contribution in [0.5, 0.6) is 5.75 Å². The number of likely N-dealkylation sites (N-methyl/N-ethyl adjacent to an activating group) is 1. The van der Waals surface area contributed by atoms with Crippen molar-refractivity contribution in [2.45, 2.75) is 24.7 Å². The first-order valence-corrected chi connectivity index (χ1v) is 11.7. The van der Waals surface area contributed by atoms with Gasteiger partial charge in [0.2, 0.25) is 10.0 Å². The van der Waals surface area contributed by atoms with E-state index in [1.807, 2.05) is 13.1 Å². The molecule has 2 aromatic rings. The Kier molecular flexibility index (Phi) is 7.47. The highest BCUT2D eigenvalue weighted by molar-refractivity contribution is 7.89. The Balaban J connectivity index is 1.64. The number of hydrogen-bond acceptors (Lipinski definition) is 5. The Hall–Kier alpha value is -2.42. The van der Waals surface area contributed by atoms with Crippen LogP contribution in [0.15, 0.2) is 53.4 Å². The lowest BCUT2D eigenvalue weighted by atomic mass is 10.2. The number of carbonyl (C=O) groups excluding carboxylic acids is 1. The van der Waals surface area contributed by atoms with Crippen LogP contribution in [-0.2, 0) is 10.0 Å². The minimum absolute atomic E-state index is 0.233. The molecule has 0 aliphatic carbocycles. The van der Waals surface area contributed by atoms with Crippen LogP contribution in [0.2, 0.25) is 0 Å². The molecule has 7 nitrogen and oxygen atoms in total. The van der Waals surface area contributed by atoms with E-state index in [0.29, 0.717) is 49.8 Å². The van der Waals surface area contributed by atoms with Gasteiger partial charge in [0, 0.05) is 37.4 Å². The van der Waals surface area contributed by atoms with Gasteiger partial charge in [0.15, 0.2) is 0 Å². The molecule has 2 aromatic carbocycles. The van der Waals surface area contributed by atoms with E-state index in [1.54, 1.807) is 30.3 Å². The quantitative estimate of drug-likeness (QED) is 0.650. The summed E-state index contributed by atoms with van der Waals surface area (Å²) in [6, 6.07) is 13.3. The van der Waals surface area contributed by atoms with Crippen LogP contribution in [0.1, 0.15) is 30.1 Å². The van der Waals surface area contributed by atoms with E-state index in [9.17, 15) is 13.2 Å². The van der Waals surface area contributed by atoms with Crippen molar-refractivity contribution in [3.05, 3.63) is 54.1 Å². The maximum atomic E-state index is 12.8. The fourth-order valence-corrected chi connectivity index (χ4v) is 4.57. The lowest BCUT2D eigenvalue weighted by Crippen LogP contribution is -2.46. The second kappa shape index (κ2) is 10.1. The second-order valence-electron chi connectivity index (χ2n) is 7.42. The van der Waals surface area contributed by atoms with Crippen LogP contribution in [-0.4, -0.2) is 63.4 Å². The number of amides is 1. The molecule has 3 rings (SSSR count). The fourth-order valence-electron chi connectivity index (χ4n) is 3.15. The fraction of sp³-hybridized carbons (Fsp3) is 0.409. The van der Waals surface area contributed by atoms with Gasteiger partial charge in [0.25, 0.3) is 5.91 Å². The predicted molar refractivity (Wildman–Crippen MR) is 117 cm³/mol. The van der Waals surface area contributed by atoms with Gasteiger partial charge in [-0.25, -0.2) is 8.42 Å². The largest absolute Gasteiger partial charge is 0.494 e. The van der Waals surface area contributed by atoms with E-state index >= 15 is 0 Å². The molecular formula is C22H29N3O4S. The topological polar surface area (TPSA) is 78.9 Å². The van der Waals surface area contributed by atoms with Crippen molar-refractivity contribution in [3.8, 4) is 5.75 Å². The Bertz CT molecular complexity index is 953. The average molecular weight is 432 g/mol. The Morgan fingerprint density at radius 1 is 1.07 bits per heavy atom. The number of rotatable bonds is 8. The van der Waals surface area contributed by atoms with E-state index in [0.717, 1.165) is 12.8 Å². The number of carbonyl (C=O) groups is 1.